The van der Waals surface area contributed by atoms with Crippen molar-refractivity contribution in [2.75, 3.05) is 0 Å². The Morgan fingerprint density at radius 2 is 1.40 bits per heavy atom. The van der Waals surface area contributed by atoms with Crippen LogP contribution < -0.4 is 5.19 Å². The number of nitrogens with zero attached hydrogens (tertiary/aromatic N) is 2. The van der Waals surface area contributed by atoms with Gasteiger partial charge in [-0.25, -0.2) is 0 Å². The normalized spacial score (nSPS) is 13.5. The zero-order chi connectivity index (χ0) is 34.8. The van der Waals surface area contributed by atoms with Gasteiger partial charge in [0.25, 0.3) is 0 Å². The van der Waals surface area contributed by atoms with E-state index in [9.17, 15) is 0 Å². The molecule has 0 fully saturated rings. The molecule has 0 saturated heterocycles. The summed E-state index contributed by atoms with van der Waals surface area (Å²) in [6, 6.07) is 58.8. The molecule has 8 aromatic rings. The van der Waals surface area contributed by atoms with E-state index in [0.717, 1.165) is 56.6 Å². The molecule has 1 atom stereocenters. The zero-order valence-electron chi connectivity index (χ0n) is 29.4. The Hall–Kier alpha value is -5.19. The average Bonchev–Trinajstić information content (AvgIpc) is 3.75. The molecule has 0 aliphatic carbocycles. The number of hydrogen-bond donors (Lipinski definition) is 0. The molecule has 9 rings (SSSR count). The smallest absolute Gasteiger partial charge is 0.120 e. The van der Waals surface area contributed by atoms with E-state index in [4.69, 9.17) is 14.4 Å². The molecule has 257 valence electrons. The molecule has 0 saturated carbocycles. The molecule has 1 radical (unpaired) electrons. The summed E-state index contributed by atoms with van der Waals surface area (Å²) < 4.78 is 6.27. The van der Waals surface area contributed by atoms with E-state index in [1.54, 1.807) is 0 Å². The number of hydrogen-bond acceptors (Lipinski definition) is 3. The molecule has 1 aliphatic rings. The van der Waals surface area contributed by atoms with Gasteiger partial charge < -0.3 is 9.40 Å². The quantitative estimate of drug-likeness (QED) is 0.123. The number of pyridine rings is 1. The van der Waals surface area contributed by atoms with Gasteiger partial charge in [0, 0.05) is 37.6 Å². The van der Waals surface area contributed by atoms with E-state index in [0.29, 0.717) is 0 Å². The molecule has 0 N–H and O–H groups in total. The van der Waals surface area contributed by atoms with Gasteiger partial charge in [-0.1, -0.05) is 139 Å². The van der Waals surface area contributed by atoms with Crippen LogP contribution in [0.3, 0.4) is 0 Å². The fraction of sp³-hybridized carbons (Fsp3) is 0.106. The van der Waals surface area contributed by atoms with Crippen molar-refractivity contribution in [2.45, 2.75) is 32.0 Å². The third-order valence-electron chi connectivity index (χ3n) is 9.51. The van der Waals surface area contributed by atoms with Crippen molar-refractivity contribution in [1.29, 1.82) is 0 Å². The molecule has 0 spiro atoms. The van der Waals surface area contributed by atoms with Crippen LogP contribution in [0.1, 0.15) is 33.7 Å². The first-order valence-corrected chi connectivity index (χ1v) is 21.0. The van der Waals surface area contributed by atoms with E-state index in [-0.39, 0.29) is 26.0 Å². The molecule has 1 aliphatic heterocycles. The number of fused-ring (bicyclic) bond motifs is 4. The Kier molecular flexibility index (Phi) is 10.3. The first kappa shape index (κ1) is 35.2. The average molecular weight is 867 g/mol. The van der Waals surface area contributed by atoms with Gasteiger partial charge in [0.1, 0.15) is 5.58 Å². The molecule has 0 amide bonds. The predicted octanol–water partition coefficient (Wildman–Crippen LogP) is 11.3. The van der Waals surface area contributed by atoms with Gasteiger partial charge in [-0.15, -0.1) is 54.1 Å². The van der Waals surface area contributed by atoms with Crippen molar-refractivity contribution < 1.29 is 24.5 Å². The molecule has 3 nitrogen and oxygen atoms in total. The Bertz CT molecular complexity index is 2490. The van der Waals surface area contributed by atoms with Crippen LogP contribution in [0.5, 0.6) is 0 Å². The number of furan rings is 1. The van der Waals surface area contributed by atoms with Crippen LogP contribution in [0.15, 0.2) is 167 Å². The van der Waals surface area contributed by atoms with Crippen LogP contribution in [-0.4, -0.2) is 18.8 Å². The molecule has 52 heavy (non-hydrogen) atoms. The largest absolute Gasteiger partial charge is 0.501 e. The van der Waals surface area contributed by atoms with Crippen molar-refractivity contribution in [3.63, 3.8) is 0 Å². The van der Waals surface area contributed by atoms with E-state index < -0.39 is 8.07 Å². The standard InChI is InChI=1S/C26H16NO.C21H22NSi.Ir/c1-2-9-17(10-3-1)24-20-12-4-6-15-22(20)27-25(24)21-14-8-13-19-18-11-5-7-16-23(18)28-26(19)21;1-23(2,3)21-16-22-20(18-12-8-5-9-13-18)15-19(21)14-17-10-6-4-7-11-17;/h1-13,15-16,24H;4-12,15-16H,14H2,1-3H3;/q2*-1;. The summed E-state index contributed by atoms with van der Waals surface area (Å²) >= 11 is 0. The molecule has 0 bridgehead atoms. The second kappa shape index (κ2) is 15.2. The van der Waals surface area contributed by atoms with Gasteiger partial charge in [-0.05, 0) is 51.8 Å². The first-order valence-electron chi connectivity index (χ1n) is 17.5. The fourth-order valence-electron chi connectivity index (χ4n) is 7.07. The summed E-state index contributed by atoms with van der Waals surface area (Å²) in [6.07, 6.45) is 3.06. The SMILES string of the molecule is C[Si](C)(C)c1cnc(-c2[c-]cccc2)cc1Cc1ccccc1.[Ir].[c-]1ccc2c(oc3ccccc32)c1C1=Nc2ccccc2C1c1ccccc1. The minimum absolute atomic E-state index is 0. The molecular weight excluding hydrogens is 829 g/mol. The van der Waals surface area contributed by atoms with Gasteiger partial charge in [0.05, 0.1) is 19.3 Å². The molecule has 3 heterocycles. The Labute approximate surface area is 320 Å². The molecular formula is C47H38IrN2OSi-2. The topological polar surface area (TPSA) is 38.4 Å². The number of benzene rings is 6. The van der Waals surface area contributed by atoms with Crippen LogP contribution in [0, 0.1) is 12.1 Å². The van der Waals surface area contributed by atoms with Gasteiger partial charge in [-0.3, -0.25) is 4.99 Å². The van der Waals surface area contributed by atoms with Crippen LogP contribution in [0.4, 0.5) is 5.69 Å². The summed E-state index contributed by atoms with van der Waals surface area (Å²) in [5.74, 6) is 0.0764. The van der Waals surface area contributed by atoms with Gasteiger partial charge in [0.2, 0.25) is 0 Å². The summed E-state index contributed by atoms with van der Waals surface area (Å²) in [7, 11) is -1.43. The number of rotatable bonds is 6. The second-order valence-electron chi connectivity index (χ2n) is 14.0. The van der Waals surface area contributed by atoms with E-state index >= 15 is 0 Å². The Balaban J connectivity index is 0.000000162. The van der Waals surface area contributed by atoms with Crippen LogP contribution in [0.25, 0.3) is 33.2 Å². The van der Waals surface area contributed by atoms with Crippen molar-refractivity contribution in [1.82, 2.24) is 4.98 Å². The summed E-state index contributed by atoms with van der Waals surface area (Å²) in [6.45, 7) is 7.15. The summed E-state index contributed by atoms with van der Waals surface area (Å²) in [5.41, 5.74) is 12.0. The first-order chi connectivity index (χ1) is 24.9. The van der Waals surface area contributed by atoms with Gasteiger partial charge in [-0.2, -0.15) is 0 Å². The maximum absolute atomic E-state index is 6.27. The van der Waals surface area contributed by atoms with Crippen molar-refractivity contribution in [3.8, 4) is 11.3 Å². The summed E-state index contributed by atoms with van der Waals surface area (Å²) in [5, 5.41) is 3.68. The zero-order valence-corrected chi connectivity index (χ0v) is 32.8. The van der Waals surface area contributed by atoms with E-state index in [1.807, 2.05) is 54.6 Å². The molecule has 2 aromatic heterocycles. The maximum Gasteiger partial charge on any atom is 0.120 e. The van der Waals surface area contributed by atoms with Crippen LogP contribution in [0.2, 0.25) is 19.6 Å². The minimum atomic E-state index is -1.43. The van der Waals surface area contributed by atoms with Gasteiger partial charge >= 0.3 is 0 Å². The number of para-hydroxylation sites is 2. The Morgan fingerprint density at radius 1 is 0.692 bits per heavy atom. The predicted molar refractivity (Wildman–Crippen MR) is 214 cm³/mol. The summed E-state index contributed by atoms with van der Waals surface area (Å²) in [4.78, 5) is 9.75. The fourth-order valence-corrected chi connectivity index (χ4v) is 8.65. The molecule has 5 heteroatoms. The molecule has 1 unspecified atom stereocenters. The number of aromatic nitrogens is 1. The third kappa shape index (κ3) is 7.13. The van der Waals surface area contributed by atoms with Crippen molar-refractivity contribution >= 4 is 46.6 Å². The minimum Gasteiger partial charge on any atom is -0.501 e. The van der Waals surface area contributed by atoms with Crippen LogP contribution >= 0.6 is 0 Å². The number of aliphatic imine (C=N–C) groups is 1. The Morgan fingerprint density at radius 3 is 2.17 bits per heavy atom. The van der Waals surface area contributed by atoms with E-state index in [2.05, 4.69) is 135 Å². The monoisotopic (exact) mass is 867 g/mol. The van der Waals surface area contributed by atoms with Crippen molar-refractivity contribution in [2.24, 2.45) is 4.99 Å². The van der Waals surface area contributed by atoms with Crippen LogP contribution in [-0.2, 0) is 26.5 Å². The van der Waals surface area contributed by atoms with E-state index in [1.165, 1.54) is 27.4 Å². The second-order valence-corrected chi connectivity index (χ2v) is 19.0. The third-order valence-corrected chi connectivity index (χ3v) is 11.6. The van der Waals surface area contributed by atoms with Crippen molar-refractivity contribution in [3.05, 3.63) is 198 Å². The van der Waals surface area contributed by atoms with Gasteiger partial charge in [0.15, 0.2) is 0 Å². The molecule has 6 aromatic carbocycles. The maximum atomic E-state index is 6.27.